The third kappa shape index (κ3) is 8.33. The van der Waals surface area contributed by atoms with Gasteiger partial charge in [-0.15, -0.1) is 0 Å². The molecular formula is C33H39N9O5. The number of morpholine rings is 1. The van der Waals surface area contributed by atoms with E-state index in [4.69, 9.17) is 24.4 Å². The number of pyridine rings is 1. The summed E-state index contributed by atoms with van der Waals surface area (Å²) in [5, 5.41) is 15.3. The normalized spacial score (nSPS) is 16.2. The van der Waals surface area contributed by atoms with E-state index < -0.39 is 11.7 Å². The summed E-state index contributed by atoms with van der Waals surface area (Å²) in [5.74, 6) is 1.09. The molecule has 0 bridgehead atoms. The van der Waals surface area contributed by atoms with Crippen LogP contribution in [0.25, 0.3) is 33.5 Å². The number of likely N-dealkylation sites (tertiary alicyclic amines) is 1. The van der Waals surface area contributed by atoms with Crippen LogP contribution < -0.4 is 15.5 Å². The quantitative estimate of drug-likeness (QED) is 0.268. The van der Waals surface area contributed by atoms with Crippen LogP contribution in [0.4, 0.5) is 22.2 Å². The molecule has 246 valence electrons. The van der Waals surface area contributed by atoms with Crippen molar-refractivity contribution in [2.45, 2.75) is 45.3 Å². The number of carbonyl (C=O) groups excluding carboxylic acids is 2. The van der Waals surface area contributed by atoms with Crippen LogP contribution in [0.1, 0.15) is 33.6 Å². The topological polar surface area (TPSA) is 168 Å². The summed E-state index contributed by atoms with van der Waals surface area (Å²) >= 11 is 0. The SMILES string of the molecule is CC(C)(C)OC(=O)Nc1ncc(-c2nc(N3CCOCC3)c3ncc(-c4cccc(NC(=O)CN5CCC(O)CC5)c4)cc3n2)cn1. The lowest BCUT2D eigenvalue weighted by Crippen LogP contribution is -2.40. The number of nitrogens with one attached hydrogen (secondary N) is 2. The minimum absolute atomic E-state index is 0.0998. The summed E-state index contributed by atoms with van der Waals surface area (Å²) in [4.78, 5) is 52.2. The van der Waals surface area contributed by atoms with E-state index in [0.717, 1.165) is 11.1 Å². The Bertz CT molecular complexity index is 1730. The minimum atomic E-state index is -0.653. The Morgan fingerprint density at radius 1 is 0.936 bits per heavy atom. The van der Waals surface area contributed by atoms with Gasteiger partial charge >= 0.3 is 6.09 Å². The number of anilines is 3. The number of fused-ring (bicyclic) bond motifs is 1. The molecule has 2 aliphatic heterocycles. The van der Waals surface area contributed by atoms with Crippen molar-refractivity contribution in [1.29, 1.82) is 0 Å². The number of carbonyl (C=O) groups is 2. The van der Waals surface area contributed by atoms with Gasteiger partial charge in [-0.2, -0.15) is 0 Å². The number of piperidine rings is 1. The van der Waals surface area contributed by atoms with Crippen molar-refractivity contribution in [3.05, 3.63) is 48.9 Å². The first-order valence-electron chi connectivity index (χ1n) is 15.7. The van der Waals surface area contributed by atoms with Gasteiger partial charge in [0.1, 0.15) is 11.1 Å². The molecule has 14 nitrogen and oxygen atoms in total. The molecule has 2 amide bonds. The van der Waals surface area contributed by atoms with Gasteiger partial charge < -0.3 is 24.8 Å². The molecule has 4 aromatic rings. The number of hydrogen-bond acceptors (Lipinski definition) is 12. The highest BCUT2D eigenvalue weighted by molar-refractivity contribution is 5.94. The minimum Gasteiger partial charge on any atom is -0.444 e. The molecule has 0 atom stereocenters. The molecule has 0 aliphatic carbocycles. The fraction of sp³-hybridized carbons (Fsp3) is 0.424. The second-order valence-corrected chi connectivity index (χ2v) is 12.6. The van der Waals surface area contributed by atoms with E-state index >= 15 is 0 Å². The van der Waals surface area contributed by atoms with Crippen LogP contribution in [0.15, 0.2) is 48.9 Å². The highest BCUT2D eigenvalue weighted by Crippen LogP contribution is 2.30. The van der Waals surface area contributed by atoms with E-state index in [9.17, 15) is 14.7 Å². The third-order valence-corrected chi connectivity index (χ3v) is 7.75. The van der Waals surface area contributed by atoms with Crippen molar-refractivity contribution < 1.29 is 24.2 Å². The summed E-state index contributed by atoms with van der Waals surface area (Å²) < 4.78 is 10.9. The summed E-state index contributed by atoms with van der Waals surface area (Å²) in [6.45, 7) is 9.48. The zero-order valence-corrected chi connectivity index (χ0v) is 26.8. The Morgan fingerprint density at radius 3 is 2.38 bits per heavy atom. The zero-order chi connectivity index (χ0) is 33.0. The molecule has 2 fully saturated rings. The lowest BCUT2D eigenvalue weighted by molar-refractivity contribution is -0.117. The molecule has 0 radical (unpaired) electrons. The Hall–Kier alpha value is -4.79. The summed E-state index contributed by atoms with van der Waals surface area (Å²) in [6.07, 6.45) is 5.33. The fourth-order valence-corrected chi connectivity index (χ4v) is 5.45. The van der Waals surface area contributed by atoms with E-state index in [2.05, 4.69) is 30.4 Å². The maximum absolute atomic E-state index is 12.8. The molecule has 47 heavy (non-hydrogen) atoms. The molecule has 3 aromatic heterocycles. The van der Waals surface area contributed by atoms with Gasteiger partial charge in [-0.05, 0) is 57.4 Å². The molecule has 3 N–H and O–H groups in total. The first-order chi connectivity index (χ1) is 22.6. The maximum Gasteiger partial charge on any atom is 0.414 e. The summed E-state index contributed by atoms with van der Waals surface area (Å²) in [5.41, 5.74) is 3.57. The van der Waals surface area contributed by atoms with Gasteiger partial charge in [0.25, 0.3) is 0 Å². The van der Waals surface area contributed by atoms with E-state index in [1.807, 2.05) is 30.3 Å². The van der Waals surface area contributed by atoms with E-state index in [-0.39, 0.29) is 24.5 Å². The van der Waals surface area contributed by atoms with Gasteiger partial charge in [-0.1, -0.05) is 12.1 Å². The van der Waals surface area contributed by atoms with Crippen molar-refractivity contribution in [3.63, 3.8) is 0 Å². The van der Waals surface area contributed by atoms with E-state index in [1.54, 1.807) is 39.4 Å². The molecule has 1 aromatic carbocycles. The highest BCUT2D eigenvalue weighted by Gasteiger charge is 2.22. The van der Waals surface area contributed by atoms with Crippen LogP contribution in [0, 0.1) is 0 Å². The standard InChI is InChI=1S/C33H39N9O5/c1-33(2,3)47-32(45)40-31-35-18-23(19-36-31)29-38-26-16-22(17-34-28(26)30(39-29)42-11-13-46-14-12-42)21-5-4-6-24(15-21)37-27(44)20-41-9-7-25(43)8-10-41/h4-6,15-19,25,43H,7-14,20H2,1-3H3,(H,37,44)(H,35,36,40,45). The largest absolute Gasteiger partial charge is 0.444 e. The van der Waals surface area contributed by atoms with Crippen LogP contribution in [-0.4, -0.2) is 105 Å². The maximum atomic E-state index is 12.8. The van der Waals surface area contributed by atoms with Gasteiger partial charge in [0.2, 0.25) is 11.9 Å². The monoisotopic (exact) mass is 641 g/mol. The third-order valence-electron chi connectivity index (χ3n) is 7.75. The predicted octanol–water partition coefficient (Wildman–Crippen LogP) is 3.73. The van der Waals surface area contributed by atoms with Gasteiger partial charge in [-0.25, -0.2) is 24.7 Å². The Labute approximate surface area is 272 Å². The van der Waals surface area contributed by atoms with Crippen molar-refractivity contribution in [3.8, 4) is 22.5 Å². The van der Waals surface area contributed by atoms with Crippen LogP contribution in [0.2, 0.25) is 0 Å². The predicted molar refractivity (Wildman–Crippen MR) is 177 cm³/mol. The number of aliphatic hydroxyl groups is 1. The average molecular weight is 642 g/mol. The molecule has 2 saturated heterocycles. The van der Waals surface area contributed by atoms with Crippen LogP contribution >= 0.6 is 0 Å². The first kappa shape index (κ1) is 32.2. The molecule has 2 aliphatic rings. The van der Waals surface area contributed by atoms with Gasteiger partial charge in [0.05, 0.1) is 36.9 Å². The van der Waals surface area contributed by atoms with Crippen molar-refractivity contribution in [2.75, 3.05) is 61.5 Å². The van der Waals surface area contributed by atoms with Crippen LogP contribution in [0.3, 0.4) is 0 Å². The first-order valence-corrected chi connectivity index (χ1v) is 15.7. The van der Waals surface area contributed by atoms with E-state index in [1.165, 1.54) is 0 Å². The number of nitrogens with zero attached hydrogens (tertiary/aromatic N) is 7. The smallest absolute Gasteiger partial charge is 0.414 e. The molecule has 6 rings (SSSR count). The Morgan fingerprint density at radius 2 is 1.66 bits per heavy atom. The summed E-state index contributed by atoms with van der Waals surface area (Å²) in [7, 11) is 0. The second-order valence-electron chi connectivity index (χ2n) is 12.6. The number of aromatic nitrogens is 5. The number of ether oxygens (including phenoxy) is 2. The molecule has 5 heterocycles. The van der Waals surface area contributed by atoms with Crippen molar-refractivity contribution in [1.82, 2.24) is 29.8 Å². The summed E-state index contributed by atoms with van der Waals surface area (Å²) in [6, 6.07) is 9.57. The number of benzene rings is 1. The molecule has 0 unspecified atom stereocenters. The fourth-order valence-electron chi connectivity index (χ4n) is 5.45. The number of hydrogen-bond donors (Lipinski definition) is 3. The lowest BCUT2D eigenvalue weighted by atomic mass is 10.1. The zero-order valence-electron chi connectivity index (χ0n) is 26.8. The number of aliphatic hydroxyl groups excluding tert-OH is 1. The average Bonchev–Trinajstić information content (AvgIpc) is 3.05. The van der Waals surface area contributed by atoms with Crippen molar-refractivity contribution in [2.24, 2.45) is 0 Å². The molecule has 0 saturated carbocycles. The second kappa shape index (κ2) is 13.9. The van der Waals surface area contributed by atoms with Crippen LogP contribution in [-0.2, 0) is 14.3 Å². The molecule has 14 heteroatoms. The number of rotatable bonds is 7. The molecule has 0 spiro atoms. The highest BCUT2D eigenvalue weighted by atomic mass is 16.6. The van der Waals surface area contributed by atoms with Gasteiger partial charge in [0, 0.05) is 56.0 Å². The Balaban J connectivity index is 1.26. The van der Waals surface area contributed by atoms with Crippen LogP contribution in [0.5, 0.6) is 0 Å². The Kier molecular flexibility index (Phi) is 9.52. The van der Waals surface area contributed by atoms with Crippen molar-refractivity contribution >= 4 is 40.5 Å². The number of amides is 2. The van der Waals surface area contributed by atoms with E-state index in [0.29, 0.717) is 86.2 Å². The van der Waals surface area contributed by atoms with Gasteiger partial charge in [0.15, 0.2) is 11.6 Å². The molecular weight excluding hydrogens is 602 g/mol. The van der Waals surface area contributed by atoms with Gasteiger partial charge in [-0.3, -0.25) is 20.0 Å². The lowest BCUT2D eigenvalue weighted by Gasteiger charge is -2.28.